The number of methoxy groups -OCH3 is 1. The molecule has 10 heteroatoms. The Kier molecular flexibility index (Phi) is 9.11. The van der Waals surface area contributed by atoms with E-state index in [1.807, 2.05) is 6.92 Å². The first-order chi connectivity index (χ1) is 17.0. The molecule has 0 amide bonds. The second kappa shape index (κ2) is 11.7. The number of benzene rings is 2. The van der Waals surface area contributed by atoms with Crippen molar-refractivity contribution in [3.8, 4) is 5.75 Å². The number of allylic oxidation sites excluding steroid dienone is 3. The fourth-order valence-electron chi connectivity index (χ4n) is 4.09. The Balaban J connectivity index is 2.10. The summed E-state index contributed by atoms with van der Waals surface area (Å²) in [6.45, 7) is 7.63. The lowest BCUT2D eigenvalue weighted by Crippen LogP contribution is -2.31. The summed E-state index contributed by atoms with van der Waals surface area (Å²) in [6.07, 6.45) is 0.372. The Morgan fingerprint density at radius 2 is 1.75 bits per heavy atom. The summed E-state index contributed by atoms with van der Waals surface area (Å²) in [4.78, 5) is 12.9. The number of dihydropyridines is 1. The third kappa shape index (κ3) is 5.72. The summed E-state index contributed by atoms with van der Waals surface area (Å²) in [5.41, 5.74) is 1.34. The van der Waals surface area contributed by atoms with Crippen molar-refractivity contribution in [1.29, 1.82) is 0 Å². The Bertz CT molecular complexity index is 1300. The maximum absolute atomic E-state index is 14.0. The van der Waals surface area contributed by atoms with Gasteiger partial charge in [0.1, 0.15) is 5.75 Å². The van der Waals surface area contributed by atoms with Crippen molar-refractivity contribution in [2.24, 2.45) is 0 Å². The molecule has 0 radical (unpaired) electrons. The average molecular weight is 554 g/mol. The highest BCUT2D eigenvalue weighted by atomic mass is 35.5. The minimum absolute atomic E-state index is 0.0222. The number of rotatable bonds is 9. The predicted molar refractivity (Wildman–Crippen MR) is 140 cm³/mol. The fourth-order valence-corrected chi connectivity index (χ4v) is 6.26. The van der Waals surface area contributed by atoms with E-state index in [0.29, 0.717) is 29.3 Å². The van der Waals surface area contributed by atoms with Crippen molar-refractivity contribution in [1.82, 2.24) is 5.32 Å². The van der Waals surface area contributed by atoms with Crippen LogP contribution in [0.2, 0.25) is 10.0 Å². The van der Waals surface area contributed by atoms with Crippen LogP contribution in [0.5, 0.6) is 5.75 Å². The molecule has 0 saturated heterocycles. The quantitative estimate of drug-likeness (QED) is 0.301. The number of hydrogen-bond donors (Lipinski definition) is 1. The van der Waals surface area contributed by atoms with Gasteiger partial charge in [-0.05, 0) is 63.1 Å². The Morgan fingerprint density at radius 3 is 2.36 bits per heavy atom. The summed E-state index contributed by atoms with van der Waals surface area (Å²) in [5.74, 6) is -1.25. The van der Waals surface area contributed by atoms with Crippen LogP contribution in [0, 0.1) is 0 Å². The van der Waals surface area contributed by atoms with Gasteiger partial charge in [-0.15, -0.1) is 0 Å². The fraction of sp³-hybridized carbons (Fsp3) is 0.346. The zero-order valence-electron chi connectivity index (χ0n) is 20.7. The van der Waals surface area contributed by atoms with E-state index >= 15 is 0 Å². The molecule has 0 spiro atoms. The van der Waals surface area contributed by atoms with E-state index in [1.165, 1.54) is 19.2 Å². The number of carbonyl (C=O) groups excluding carboxylic acids is 1. The van der Waals surface area contributed by atoms with Gasteiger partial charge in [0.25, 0.3) is 0 Å². The standard InChI is InChI=1S/C26H29Cl2NO6S/c1-6-14-34-17(4)35-18-10-12-19(13-11-18)36(31,32)25-16(3)29-15(2)22(26(30)33-5)23(25)20-8-7-9-21(27)24(20)28/h7-13,17,23,29H,6,14H2,1-5H3. The molecule has 2 aromatic carbocycles. The molecule has 0 saturated carbocycles. The second-order valence-corrected chi connectivity index (χ2v) is 11.0. The first kappa shape index (κ1) is 28.1. The zero-order chi connectivity index (χ0) is 26.6. The minimum atomic E-state index is -4.11. The molecule has 1 aliphatic heterocycles. The zero-order valence-corrected chi connectivity index (χ0v) is 23.1. The van der Waals surface area contributed by atoms with Crippen molar-refractivity contribution in [3.05, 3.63) is 79.9 Å². The number of halogens is 2. The number of hydrogen-bond acceptors (Lipinski definition) is 7. The Hall–Kier alpha value is -2.52. The van der Waals surface area contributed by atoms with Crippen LogP contribution in [0.25, 0.3) is 0 Å². The molecule has 0 bridgehead atoms. The van der Waals surface area contributed by atoms with E-state index in [9.17, 15) is 13.2 Å². The summed E-state index contributed by atoms with van der Waals surface area (Å²) in [7, 11) is -2.87. The number of nitrogens with one attached hydrogen (secondary N) is 1. The van der Waals surface area contributed by atoms with Crippen molar-refractivity contribution in [3.63, 3.8) is 0 Å². The van der Waals surface area contributed by atoms with E-state index in [4.69, 9.17) is 37.4 Å². The van der Waals surface area contributed by atoms with Gasteiger partial charge in [0.15, 0.2) is 6.29 Å². The number of sulfone groups is 1. The second-order valence-electron chi connectivity index (χ2n) is 8.25. The van der Waals surface area contributed by atoms with Gasteiger partial charge in [0.2, 0.25) is 9.84 Å². The van der Waals surface area contributed by atoms with Gasteiger partial charge < -0.3 is 19.5 Å². The van der Waals surface area contributed by atoms with Crippen molar-refractivity contribution < 1.29 is 27.4 Å². The third-order valence-electron chi connectivity index (χ3n) is 5.68. The van der Waals surface area contributed by atoms with Gasteiger partial charge in [-0.2, -0.15) is 0 Å². The SMILES string of the molecule is CCCOC(C)Oc1ccc(S(=O)(=O)C2=C(C)NC(C)=C(C(=O)OC)C2c2cccc(Cl)c2Cl)cc1. The molecule has 1 N–H and O–H groups in total. The van der Waals surface area contributed by atoms with Crippen molar-refractivity contribution >= 4 is 39.0 Å². The molecule has 7 nitrogen and oxygen atoms in total. The van der Waals surface area contributed by atoms with E-state index in [0.717, 1.165) is 6.42 Å². The maximum Gasteiger partial charge on any atom is 0.336 e. The molecule has 36 heavy (non-hydrogen) atoms. The summed E-state index contributed by atoms with van der Waals surface area (Å²) in [5, 5.41) is 3.42. The van der Waals surface area contributed by atoms with E-state index in [-0.39, 0.29) is 25.4 Å². The molecule has 2 aromatic rings. The molecule has 0 aromatic heterocycles. The number of esters is 1. The summed E-state index contributed by atoms with van der Waals surface area (Å²) in [6, 6.07) is 10.9. The lowest BCUT2D eigenvalue weighted by atomic mass is 9.86. The molecule has 1 heterocycles. The summed E-state index contributed by atoms with van der Waals surface area (Å²) >= 11 is 12.8. The highest BCUT2D eigenvalue weighted by Crippen LogP contribution is 2.46. The largest absolute Gasteiger partial charge is 0.466 e. The highest BCUT2D eigenvalue weighted by molar-refractivity contribution is 7.95. The Morgan fingerprint density at radius 1 is 1.08 bits per heavy atom. The topological polar surface area (TPSA) is 90.9 Å². The van der Waals surface area contributed by atoms with Gasteiger partial charge in [0.05, 0.1) is 45.1 Å². The van der Waals surface area contributed by atoms with E-state index in [1.54, 1.807) is 51.1 Å². The molecule has 2 unspecified atom stereocenters. The minimum Gasteiger partial charge on any atom is -0.466 e. The van der Waals surface area contributed by atoms with Gasteiger partial charge in [-0.1, -0.05) is 42.3 Å². The van der Waals surface area contributed by atoms with Gasteiger partial charge in [0, 0.05) is 11.4 Å². The highest BCUT2D eigenvalue weighted by Gasteiger charge is 2.41. The van der Waals surface area contributed by atoms with Crippen LogP contribution >= 0.6 is 23.2 Å². The summed E-state index contributed by atoms with van der Waals surface area (Å²) < 4.78 is 44.2. The van der Waals surface area contributed by atoms with Crippen LogP contribution in [0.3, 0.4) is 0 Å². The van der Waals surface area contributed by atoms with Gasteiger partial charge in [-0.25, -0.2) is 13.2 Å². The predicted octanol–water partition coefficient (Wildman–Crippen LogP) is 5.98. The maximum atomic E-state index is 14.0. The molecule has 3 rings (SSSR count). The molecular weight excluding hydrogens is 525 g/mol. The van der Waals surface area contributed by atoms with Crippen LogP contribution < -0.4 is 10.1 Å². The Labute approximate surface area is 221 Å². The van der Waals surface area contributed by atoms with Crippen LogP contribution in [0.4, 0.5) is 0 Å². The normalized spacial score (nSPS) is 17.0. The van der Waals surface area contributed by atoms with Crippen LogP contribution in [0.1, 0.15) is 45.6 Å². The van der Waals surface area contributed by atoms with Crippen LogP contribution in [-0.4, -0.2) is 34.4 Å². The monoisotopic (exact) mass is 553 g/mol. The van der Waals surface area contributed by atoms with Gasteiger partial charge in [-0.3, -0.25) is 0 Å². The molecule has 194 valence electrons. The average Bonchev–Trinajstić information content (AvgIpc) is 2.83. The lowest BCUT2D eigenvalue weighted by molar-refractivity contribution is -0.136. The molecule has 2 atom stereocenters. The molecule has 1 aliphatic rings. The van der Waals surface area contributed by atoms with E-state index < -0.39 is 28.0 Å². The third-order valence-corrected chi connectivity index (χ3v) is 8.53. The van der Waals surface area contributed by atoms with E-state index in [2.05, 4.69) is 5.32 Å². The first-order valence-corrected chi connectivity index (χ1v) is 13.6. The number of ether oxygens (including phenoxy) is 3. The van der Waals surface area contributed by atoms with Crippen LogP contribution in [-0.2, 0) is 24.1 Å². The smallest absolute Gasteiger partial charge is 0.336 e. The van der Waals surface area contributed by atoms with Crippen LogP contribution in [0.15, 0.2) is 69.2 Å². The first-order valence-electron chi connectivity index (χ1n) is 11.4. The number of carbonyl (C=O) groups is 1. The van der Waals surface area contributed by atoms with Crippen molar-refractivity contribution in [2.75, 3.05) is 13.7 Å². The molecular formula is C26H29Cl2NO6S. The lowest BCUT2D eigenvalue weighted by Gasteiger charge is -2.31. The molecule has 0 aliphatic carbocycles. The molecule has 0 fully saturated rings. The van der Waals surface area contributed by atoms with Gasteiger partial charge >= 0.3 is 5.97 Å². The van der Waals surface area contributed by atoms with Crippen molar-refractivity contribution in [2.45, 2.75) is 51.2 Å².